The van der Waals surface area contributed by atoms with Crippen LogP contribution in [0, 0.1) is 11.8 Å². The van der Waals surface area contributed by atoms with Gasteiger partial charge in [-0.15, -0.1) is 0 Å². The fraction of sp³-hybridized carbons (Fsp3) is 0.438. The zero-order chi connectivity index (χ0) is 12.8. The van der Waals surface area contributed by atoms with Crippen molar-refractivity contribution in [3.8, 4) is 11.8 Å². The molecule has 94 valence electrons. The summed E-state index contributed by atoms with van der Waals surface area (Å²) in [5, 5.41) is 0. The fourth-order valence-corrected chi connectivity index (χ4v) is 2.41. The van der Waals surface area contributed by atoms with Crippen LogP contribution in [-0.2, 0) is 4.79 Å². The molecular weight excluding hydrogens is 222 g/mol. The highest BCUT2D eigenvalue weighted by Gasteiger charge is 2.24. The predicted octanol–water partition coefficient (Wildman–Crippen LogP) is 2.48. The van der Waals surface area contributed by atoms with Gasteiger partial charge in [-0.25, -0.2) is 0 Å². The monoisotopic (exact) mass is 241 g/mol. The van der Waals surface area contributed by atoms with E-state index < -0.39 is 0 Å². The first-order valence-corrected chi connectivity index (χ1v) is 6.56. The molecule has 2 nitrogen and oxygen atoms in total. The molecule has 0 amide bonds. The highest BCUT2D eigenvalue weighted by atomic mass is 16.1. The van der Waals surface area contributed by atoms with Crippen LogP contribution in [0.3, 0.4) is 0 Å². The van der Waals surface area contributed by atoms with Gasteiger partial charge in [0.1, 0.15) is 5.78 Å². The van der Waals surface area contributed by atoms with Crippen molar-refractivity contribution in [2.45, 2.75) is 32.2 Å². The number of hydrogen-bond acceptors (Lipinski definition) is 2. The summed E-state index contributed by atoms with van der Waals surface area (Å²) in [4.78, 5) is 13.8. The minimum atomic E-state index is 0.0869. The SMILES string of the molecule is CC(=O)C1CCCCN1CC#Cc1ccccc1. The van der Waals surface area contributed by atoms with Gasteiger partial charge in [0, 0.05) is 5.56 Å². The first-order valence-electron chi connectivity index (χ1n) is 6.56. The van der Waals surface area contributed by atoms with Gasteiger partial charge in [0.15, 0.2) is 0 Å². The second kappa shape index (κ2) is 6.37. The minimum Gasteiger partial charge on any atom is -0.298 e. The molecule has 1 aromatic carbocycles. The van der Waals surface area contributed by atoms with Gasteiger partial charge in [0.25, 0.3) is 0 Å². The second-order valence-corrected chi connectivity index (χ2v) is 4.76. The molecular formula is C16H19NO. The third-order valence-electron chi connectivity index (χ3n) is 3.37. The summed E-state index contributed by atoms with van der Waals surface area (Å²) >= 11 is 0. The van der Waals surface area contributed by atoms with Gasteiger partial charge in [-0.2, -0.15) is 0 Å². The van der Waals surface area contributed by atoms with Crippen molar-refractivity contribution < 1.29 is 4.79 Å². The van der Waals surface area contributed by atoms with Gasteiger partial charge in [-0.05, 0) is 38.4 Å². The van der Waals surface area contributed by atoms with E-state index >= 15 is 0 Å². The molecule has 2 heteroatoms. The lowest BCUT2D eigenvalue weighted by atomic mass is 9.99. The van der Waals surface area contributed by atoms with Crippen molar-refractivity contribution in [3.63, 3.8) is 0 Å². The molecule has 1 fully saturated rings. The van der Waals surface area contributed by atoms with Crippen molar-refractivity contribution in [3.05, 3.63) is 35.9 Å². The Morgan fingerprint density at radius 3 is 2.83 bits per heavy atom. The molecule has 0 radical (unpaired) electrons. The molecule has 0 aromatic heterocycles. The molecule has 1 aliphatic heterocycles. The van der Waals surface area contributed by atoms with Crippen LogP contribution in [0.1, 0.15) is 31.7 Å². The van der Waals surface area contributed by atoms with Crippen LogP contribution < -0.4 is 0 Å². The van der Waals surface area contributed by atoms with Gasteiger partial charge >= 0.3 is 0 Å². The normalized spacial score (nSPS) is 19.9. The molecule has 2 rings (SSSR count). The van der Waals surface area contributed by atoms with Crippen LogP contribution in [0.15, 0.2) is 30.3 Å². The highest BCUT2D eigenvalue weighted by Crippen LogP contribution is 2.16. The molecule has 0 aliphatic carbocycles. The van der Waals surface area contributed by atoms with Crippen LogP contribution in [0.2, 0.25) is 0 Å². The summed E-state index contributed by atoms with van der Waals surface area (Å²) in [6, 6.07) is 10.1. The Balaban J connectivity index is 1.96. The molecule has 18 heavy (non-hydrogen) atoms. The summed E-state index contributed by atoms with van der Waals surface area (Å²) < 4.78 is 0. The molecule has 0 bridgehead atoms. The number of piperidine rings is 1. The molecule has 1 atom stereocenters. The number of rotatable bonds is 2. The van der Waals surface area contributed by atoms with Crippen LogP contribution in [0.5, 0.6) is 0 Å². The largest absolute Gasteiger partial charge is 0.298 e. The highest BCUT2D eigenvalue weighted by molar-refractivity contribution is 5.81. The molecule has 0 saturated carbocycles. The van der Waals surface area contributed by atoms with E-state index in [1.165, 1.54) is 6.42 Å². The summed E-state index contributed by atoms with van der Waals surface area (Å²) in [5.41, 5.74) is 1.04. The maximum absolute atomic E-state index is 11.6. The molecule has 0 N–H and O–H groups in total. The van der Waals surface area contributed by atoms with E-state index in [0.29, 0.717) is 6.54 Å². The average molecular weight is 241 g/mol. The van der Waals surface area contributed by atoms with E-state index in [4.69, 9.17) is 0 Å². The second-order valence-electron chi connectivity index (χ2n) is 4.76. The minimum absolute atomic E-state index is 0.0869. The number of benzene rings is 1. The number of carbonyl (C=O) groups is 1. The number of Topliss-reactive ketones (excluding diaryl/α,β-unsaturated/α-hetero) is 1. The van der Waals surface area contributed by atoms with Crippen molar-refractivity contribution in [1.82, 2.24) is 4.90 Å². The van der Waals surface area contributed by atoms with Crippen LogP contribution in [0.25, 0.3) is 0 Å². The summed E-state index contributed by atoms with van der Waals surface area (Å²) in [5.74, 6) is 6.60. The number of likely N-dealkylation sites (tertiary alicyclic amines) is 1. The Kier molecular flexibility index (Phi) is 4.55. The first-order chi connectivity index (χ1) is 8.77. The third kappa shape index (κ3) is 3.45. The molecule has 1 aliphatic rings. The topological polar surface area (TPSA) is 20.3 Å². The maximum Gasteiger partial charge on any atom is 0.146 e. The fourth-order valence-electron chi connectivity index (χ4n) is 2.41. The number of hydrogen-bond donors (Lipinski definition) is 0. The number of carbonyl (C=O) groups excluding carboxylic acids is 1. The van der Waals surface area contributed by atoms with Crippen molar-refractivity contribution in [2.75, 3.05) is 13.1 Å². The summed E-state index contributed by atoms with van der Waals surface area (Å²) in [7, 11) is 0. The van der Waals surface area contributed by atoms with Gasteiger partial charge in [0.05, 0.1) is 12.6 Å². The average Bonchev–Trinajstić information content (AvgIpc) is 2.40. The predicted molar refractivity (Wildman–Crippen MR) is 73.2 cm³/mol. The molecule has 1 heterocycles. The Morgan fingerprint density at radius 2 is 2.11 bits per heavy atom. The quantitative estimate of drug-likeness (QED) is 0.741. The van der Waals surface area contributed by atoms with E-state index in [1.807, 2.05) is 30.3 Å². The maximum atomic E-state index is 11.6. The number of ketones is 1. The van der Waals surface area contributed by atoms with Gasteiger partial charge < -0.3 is 0 Å². The number of nitrogens with zero attached hydrogens (tertiary/aromatic N) is 1. The lowest BCUT2D eigenvalue weighted by Gasteiger charge is -2.32. The molecule has 1 unspecified atom stereocenters. The van der Waals surface area contributed by atoms with Crippen LogP contribution in [-0.4, -0.2) is 29.8 Å². The van der Waals surface area contributed by atoms with Crippen molar-refractivity contribution >= 4 is 5.78 Å². The first kappa shape index (κ1) is 12.9. The summed E-state index contributed by atoms with van der Waals surface area (Å²) in [6.45, 7) is 3.38. The lowest BCUT2D eigenvalue weighted by molar-refractivity contribution is -0.123. The van der Waals surface area contributed by atoms with Crippen molar-refractivity contribution in [1.29, 1.82) is 0 Å². The zero-order valence-corrected chi connectivity index (χ0v) is 10.9. The van der Waals surface area contributed by atoms with E-state index in [9.17, 15) is 4.79 Å². The van der Waals surface area contributed by atoms with Crippen LogP contribution >= 0.6 is 0 Å². The molecule has 1 saturated heterocycles. The Hall–Kier alpha value is -1.59. The smallest absolute Gasteiger partial charge is 0.146 e. The molecule has 0 spiro atoms. The Bertz CT molecular complexity index is 455. The molecule has 1 aromatic rings. The Morgan fingerprint density at radius 1 is 1.33 bits per heavy atom. The van der Waals surface area contributed by atoms with Crippen LogP contribution in [0.4, 0.5) is 0 Å². The zero-order valence-electron chi connectivity index (χ0n) is 10.9. The van der Waals surface area contributed by atoms with E-state index in [2.05, 4.69) is 16.7 Å². The van der Waals surface area contributed by atoms with Gasteiger partial charge in [0.2, 0.25) is 0 Å². The summed E-state index contributed by atoms with van der Waals surface area (Å²) in [6.07, 6.45) is 3.33. The lowest BCUT2D eigenvalue weighted by Crippen LogP contribution is -2.43. The van der Waals surface area contributed by atoms with Crippen molar-refractivity contribution in [2.24, 2.45) is 0 Å². The third-order valence-corrected chi connectivity index (χ3v) is 3.37. The van der Waals surface area contributed by atoms with E-state index in [0.717, 1.165) is 24.9 Å². The van der Waals surface area contributed by atoms with Gasteiger partial charge in [-0.1, -0.05) is 36.5 Å². The van der Waals surface area contributed by atoms with E-state index in [1.54, 1.807) is 6.92 Å². The Labute approximate surface area is 109 Å². The van der Waals surface area contributed by atoms with E-state index in [-0.39, 0.29) is 11.8 Å². The standard InChI is InChI=1S/C16H19NO/c1-14(18)16-11-5-6-12-17(16)13-7-10-15-8-3-2-4-9-15/h2-4,8-9,16H,5-6,11-13H2,1H3. The van der Waals surface area contributed by atoms with Gasteiger partial charge in [-0.3, -0.25) is 9.69 Å².